The molecule has 3 aromatic heterocycles. The maximum absolute atomic E-state index is 12.2. The predicted octanol–water partition coefficient (Wildman–Crippen LogP) is 2.84. The van der Waals surface area contributed by atoms with Gasteiger partial charge in [0.1, 0.15) is 16.9 Å². The second-order valence-electron chi connectivity index (χ2n) is 5.85. The number of anilines is 1. The number of nitrogens with zero attached hydrogens (tertiary/aromatic N) is 5. The number of nitrogen functional groups attached to an aromatic ring is 1. The SMILES string of the molecule is CC.Cc1nc2cnc(N)c(C#Cc3cncc(C(=O)N=C(N)SC=N)c3)c2nc1C. The molecule has 3 heterocycles. The van der Waals surface area contributed by atoms with Crippen LogP contribution in [0.3, 0.4) is 0 Å². The third-order valence-electron chi connectivity index (χ3n) is 3.86. The first-order valence-electron chi connectivity index (χ1n) is 9.29. The van der Waals surface area contributed by atoms with Gasteiger partial charge in [-0.3, -0.25) is 9.78 Å². The molecule has 10 heteroatoms. The zero-order valence-corrected chi connectivity index (χ0v) is 18.4. The van der Waals surface area contributed by atoms with Gasteiger partial charge in [0.15, 0.2) is 5.17 Å². The number of aromatic nitrogens is 4. The van der Waals surface area contributed by atoms with Crippen molar-refractivity contribution >= 4 is 45.2 Å². The second kappa shape index (κ2) is 10.8. The Morgan fingerprint density at radius 3 is 2.58 bits per heavy atom. The van der Waals surface area contributed by atoms with Crippen LogP contribution in [0.1, 0.15) is 46.7 Å². The number of hydrogen-bond donors (Lipinski definition) is 3. The van der Waals surface area contributed by atoms with Crippen LogP contribution in [0.5, 0.6) is 0 Å². The molecule has 0 aliphatic heterocycles. The van der Waals surface area contributed by atoms with E-state index in [9.17, 15) is 4.79 Å². The third-order valence-corrected chi connectivity index (χ3v) is 4.31. The van der Waals surface area contributed by atoms with Crippen LogP contribution in [0.2, 0.25) is 0 Å². The summed E-state index contributed by atoms with van der Waals surface area (Å²) in [6.07, 6.45) is 4.44. The molecule has 9 nitrogen and oxygen atoms in total. The van der Waals surface area contributed by atoms with Gasteiger partial charge in [-0.15, -0.1) is 0 Å². The molecular weight excluding hydrogens is 412 g/mol. The van der Waals surface area contributed by atoms with Gasteiger partial charge in [-0.25, -0.2) is 15.0 Å². The number of pyridine rings is 2. The number of amides is 1. The molecule has 0 aliphatic rings. The first-order valence-corrected chi connectivity index (χ1v) is 10.2. The number of hydrogen-bond acceptors (Lipinski definition) is 8. The summed E-state index contributed by atoms with van der Waals surface area (Å²) in [5.74, 6) is 5.56. The van der Waals surface area contributed by atoms with Crippen LogP contribution in [0, 0.1) is 31.1 Å². The average Bonchev–Trinajstić information content (AvgIpc) is 2.76. The zero-order chi connectivity index (χ0) is 23.0. The lowest BCUT2D eigenvalue weighted by Gasteiger charge is -2.05. The maximum atomic E-state index is 12.2. The number of aryl methyl sites for hydroxylation is 2. The quantitative estimate of drug-likeness (QED) is 0.316. The van der Waals surface area contributed by atoms with E-state index in [1.807, 2.05) is 27.7 Å². The van der Waals surface area contributed by atoms with Crippen molar-refractivity contribution < 1.29 is 4.79 Å². The van der Waals surface area contributed by atoms with Crippen LogP contribution in [0.15, 0.2) is 29.6 Å². The van der Waals surface area contributed by atoms with Crippen molar-refractivity contribution in [3.63, 3.8) is 0 Å². The van der Waals surface area contributed by atoms with Gasteiger partial charge in [0.05, 0.1) is 34.3 Å². The van der Waals surface area contributed by atoms with Crippen LogP contribution in [-0.2, 0) is 0 Å². The molecule has 0 aliphatic carbocycles. The zero-order valence-electron chi connectivity index (χ0n) is 17.6. The summed E-state index contributed by atoms with van der Waals surface area (Å²) >= 11 is 0.837. The molecule has 0 spiro atoms. The van der Waals surface area contributed by atoms with Crippen molar-refractivity contribution in [1.29, 1.82) is 5.41 Å². The van der Waals surface area contributed by atoms with Crippen molar-refractivity contribution in [3.8, 4) is 11.8 Å². The summed E-state index contributed by atoms with van der Waals surface area (Å²) in [6, 6.07) is 1.55. The minimum absolute atomic E-state index is 0.0275. The van der Waals surface area contributed by atoms with E-state index in [0.29, 0.717) is 22.2 Å². The van der Waals surface area contributed by atoms with E-state index >= 15 is 0 Å². The summed E-state index contributed by atoms with van der Waals surface area (Å²) < 4.78 is 0. The molecular formula is C21H22N8OS. The van der Waals surface area contributed by atoms with E-state index in [-0.39, 0.29) is 16.5 Å². The molecule has 0 unspecified atom stereocenters. The Bertz CT molecular complexity index is 1230. The molecule has 0 atom stereocenters. The molecule has 0 bridgehead atoms. The number of rotatable bonds is 2. The molecule has 158 valence electrons. The summed E-state index contributed by atoms with van der Waals surface area (Å²) in [4.78, 5) is 33.0. The lowest BCUT2D eigenvalue weighted by Crippen LogP contribution is -2.10. The second-order valence-corrected chi connectivity index (χ2v) is 6.74. The summed E-state index contributed by atoms with van der Waals surface area (Å²) in [7, 11) is 0. The van der Waals surface area contributed by atoms with Crippen LogP contribution in [-0.4, -0.2) is 36.6 Å². The van der Waals surface area contributed by atoms with Gasteiger partial charge in [0, 0.05) is 18.0 Å². The molecule has 0 saturated heterocycles. The normalized spacial score (nSPS) is 10.5. The van der Waals surface area contributed by atoms with Crippen molar-refractivity contribution in [2.45, 2.75) is 27.7 Å². The Kier molecular flexibility index (Phi) is 8.16. The van der Waals surface area contributed by atoms with Crippen LogP contribution >= 0.6 is 11.8 Å². The summed E-state index contributed by atoms with van der Waals surface area (Å²) in [5.41, 5.74) is 16.4. The van der Waals surface area contributed by atoms with E-state index in [2.05, 4.69) is 36.8 Å². The fraction of sp³-hybridized carbons (Fsp3) is 0.190. The fourth-order valence-electron chi connectivity index (χ4n) is 2.35. The predicted molar refractivity (Wildman–Crippen MR) is 125 cm³/mol. The summed E-state index contributed by atoms with van der Waals surface area (Å²) in [6.45, 7) is 7.73. The highest BCUT2D eigenvalue weighted by molar-refractivity contribution is 8.24. The van der Waals surface area contributed by atoms with Crippen LogP contribution in [0.4, 0.5) is 5.82 Å². The largest absolute Gasteiger partial charge is 0.383 e. The van der Waals surface area contributed by atoms with E-state index in [4.69, 9.17) is 16.9 Å². The molecule has 1 amide bonds. The number of thioether (sulfide) groups is 1. The molecule has 5 N–H and O–H groups in total. The van der Waals surface area contributed by atoms with Gasteiger partial charge in [0.2, 0.25) is 0 Å². The molecule has 0 saturated carbocycles. The number of nitrogens with two attached hydrogens (primary N) is 2. The Labute approximate surface area is 184 Å². The topological polar surface area (TPSA) is 157 Å². The van der Waals surface area contributed by atoms with Crippen molar-refractivity contribution in [2.24, 2.45) is 10.7 Å². The molecule has 0 aromatic carbocycles. The van der Waals surface area contributed by atoms with Gasteiger partial charge >= 0.3 is 0 Å². The lowest BCUT2D eigenvalue weighted by atomic mass is 10.1. The minimum atomic E-state index is -0.573. The number of carbonyl (C=O) groups is 1. The highest BCUT2D eigenvalue weighted by Gasteiger charge is 2.10. The first-order chi connectivity index (χ1) is 14.9. The molecule has 31 heavy (non-hydrogen) atoms. The average molecular weight is 435 g/mol. The van der Waals surface area contributed by atoms with E-state index in [1.165, 1.54) is 12.4 Å². The summed E-state index contributed by atoms with van der Waals surface area (Å²) in [5, 5.41) is 6.94. The number of nitrogens with one attached hydrogen (secondary N) is 1. The molecule has 3 aromatic rings. The Balaban J connectivity index is 0.00000166. The third kappa shape index (κ3) is 5.83. The van der Waals surface area contributed by atoms with Gasteiger partial charge < -0.3 is 16.9 Å². The van der Waals surface area contributed by atoms with Gasteiger partial charge in [-0.1, -0.05) is 25.7 Å². The maximum Gasteiger partial charge on any atom is 0.280 e. The minimum Gasteiger partial charge on any atom is -0.383 e. The highest BCUT2D eigenvalue weighted by Crippen LogP contribution is 2.19. The van der Waals surface area contributed by atoms with E-state index in [1.54, 1.807) is 12.3 Å². The van der Waals surface area contributed by atoms with Crippen molar-refractivity contribution in [3.05, 3.63) is 52.7 Å². The molecule has 3 rings (SSSR count). The lowest BCUT2D eigenvalue weighted by molar-refractivity contribution is 0.100. The van der Waals surface area contributed by atoms with Gasteiger partial charge in [0.25, 0.3) is 5.91 Å². The standard InChI is InChI=1S/C19H16N8OS.C2H6/c1-10-11(2)26-16-14(17(21)24-8-15(16)25-10)4-3-12-5-13(7-23-6-12)18(28)27-19(22)29-9-20;1-2/h5-9,20H,1-2H3,(H2,21,24)(H2,22,27,28);1-2H3. The van der Waals surface area contributed by atoms with Crippen LogP contribution < -0.4 is 11.5 Å². The Hall–Kier alpha value is -3.84. The van der Waals surface area contributed by atoms with Crippen molar-refractivity contribution in [1.82, 2.24) is 19.9 Å². The van der Waals surface area contributed by atoms with E-state index < -0.39 is 5.91 Å². The monoisotopic (exact) mass is 434 g/mol. The fourth-order valence-corrected chi connectivity index (χ4v) is 2.60. The van der Waals surface area contributed by atoms with E-state index in [0.717, 1.165) is 28.7 Å². The molecule has 0 fully saturated rings. The number of amidine groups is 1. The van der Waals surface area contributed by atoms with Crippen molar-refractivity contribution in [2.75, 3.05) is 5.73 Å². The van der Waals surface area contributed by atoms with Crippen LogP contribution in [0.25, 0.3) is 11.0 Å². The number of carbonyl (C=O) groups excluding carboxylic acids is 1. The first kappa shape index (κ1) is 23.4. The Morgan fingerprint density at radius 2 is 1.87 bits per heavy atom. The smallest absolute Gasteiger partial charge is 0.280 e. The number of aliphatic imine (C=N–C) groups is 1. The van der Waals surface area contributed by atoms with Gasteiger partial charge in [-0.2, -0.15) is 4.99 Å². The van der Waals surface area contributed by atoms with Gasteiger partial charge in [-0.05, 0) is 31.7 Å². The highest BCUT2D eigenvalue weighted by atomic mass is 32.2. The molecule has 0 radical (unpaired) electrons. The number of fused-ring (bicyclic) bond motifs is 1. The Morgan fingerprint density at radius 1 is 1.16 bits per heavy atom.